The molecule has 0 atom stereocenters. The minimum Gasteiger partial charge on any atom is -0.478 e. The molecule has 0 aromatic carbocycles. The zero-order valence-corrected chi connectivity index (χ0v) is 12.5. The molecule has 0 aliphatic rings. The van der Waals surface area contributed by atoms with Crippen LogP contribution >= 0.6 is 11.3 Å². The van der Waals surface area contributed by atoms with Crippen molar-refractivity contribution in [3.8, 4) is 0 Å². The van der Waals surface area contributed by atoms with E-state index in [1.54, 1.807) is 6.33 Å². The van der Waals surface area contributed by atoms with E-state index in [1.165, 1.54) is 16.0 Å². The van der Waals surface area contributed by atoms with Crippen LogP contribution in [0.3, 0.4) is 0 Å². The Hall–Kier alpha value is -2.41. The summed E-state index contributed by atoms with van der Waals surface area (Å²) in [5, 5.41) is 17.8. The van der Waals surface area contributed by atoms with Gasteiger partial charge in [0, 0.05) is 29.6 Å². The molecule has 0 unspecified atom stereocenters. The van der Waals surface area contributed by atoms with Crippen molar-refractivity contribution in [3.05, 3.63) is 51.8 Å². The highest BCUT2D eigenvalue weighted by Gasteiger charge is 2.06. The first kappa shape index (κ1) is 16.6. The Labute approximate surface area is 125 Å². The number of imidazole rings is 1. The number of nitrogens with zero attached hydrogens (tertiary/aromatic N) is 1. The number of nitrogens with one attached hydrogen (secondary N) is 1. The smallest absolute Gasteiger partial charge is 0.328 e. The third-order valence-corrected chi connectivity index (χ3v) is 3.67. The Morgan fingerprint density at radius 1 is 1.29 bits per heavy atom. The number of aryl methyl sites for hydroxylation is 2. The molecule has 21 heavy (non-hydrogen) atoms. The zero-order valence-electron chi connectivity index (χ0n) is 11.7. The van der Waals surface area contributed by atoms with Gasteiger partial charge in [-0.25, -0.2) is 14.6 Å². The van der Waals surface area contributed by atoms with Crippen LogP contribution in [0.2, 0.25) is 0 Å². The third-order valence-electron chi connectivity index (χ3n) is 2.59. The molecular weight excluding hydrogens is 292 g/mol. The van der Waals surface area contributed by atoms with Gasteiger partial charge in [0.25, 0.3) is 0 Å². The van der Waals surface area contributed by atoms with E-state index in [1.807, 2.05) is 17.5 Å². The van der Waals surface area contributed by atoms with Gasteiger partial charge in [-0.3, -0.25) is 0 Å². The summed E-state index contributed by atoms with van der Waals surface area (Å²) in [6.45, 7) is 4.32. The number of rotatable bonds is 4. The van der Waals surface area contributed by atoms with Gasteiger partial charge < -0.3 is 15.2 Å². The van der Waals surface area contributed by atoms with Crippen LogP contribution in [0, 0.1) is 13.8 Å². The van der Waals surface area contributed by atoms with Crippen molar-refractivity contribution < 1.29 is 19.8 Å². The molecule has 3 N–H and O–H groups in total. The van der Waals surface area contributed by atoms with Gasteiger partial charge in [0.1, 0.15) is 0 Å². The number of carboxylic acids is 2. The Balaban J connectivity index is 0.000000240. The predicted molar refractivity (Wildman–Crippen MR) is 79.6 cm³/mol. The first-order valence-corrected chi connectivity index (χ1v) is 6.93. The van der Waals surface area contributed by atoms with Gasteiger partial charge in [-0.1, -0.05) is 0 Å². The largest absolute Gasteiger partial charge is 0.478 e. The summed E-state index contributed by atoms with van der Waals surface area (Å²) in [4.78, 5) is 27.7. The molecule has 0 aliphatic heterocycles. The van der Waals surface area contributed by atoms with Crippen LogP contribution < -0.4 is 0 Å². The Bertz CT molecular complexity index is 594. The second-order valence-electron chi connectivity index (χ2n) is 4.20. The van der Waals surface area contributed by atoms with E-state index in [0.717, 1.165) is 12.1 Å². The topological polar surface area (TPSA) is 103 Å². The fourth-order valence-corrected chi connectivity index (χ4v) is 2.44. The lowest BCUT2D eigenvalue weighted by atomic mass is 10.1. The number of carbonyl (C=O) groups is 2. The van der Waals surface area contributed by atoms with E-state index in [4.69, 9.17) is 10.2 Å². The van der Waals surface area contributed by atoms with Crippen molar-refractivity contribution in [1.82, 2.24) is 9.97 Å². The van der Waals surface area contributed by atoms with E-state index < -0.39 is 11.9 Å². The summed E-state index contributed by atoms with van der Waals surface area (Å²) in [6, 6.07) is 0. The quantitative estimate of drug-likeness (QED) is 0.752. The number of hydrogen-bond donors (Lipinski definition) is 3. The second-order valence-corrected chi connectivity index (χ2v) is 5.28. The molecule has 0 aliphatic carbocycles. The minimum atomic E-state index is -1.26. The maximum Gasteiger partial charge on any atom is 0.328 e. The van der Waals surface area contributed by atoms with E-state index >= 15 is 0 Å². The van der Waals surface area contributed by atoms with Crippen LogP contribution in [-0.2, 0) is 16.0 Å². The minimum absolute atomic E-state index is 0.558. The van der Waals surface area contributed by atoms with Crippen LogP contribution in [0.25, 0.3) is 0 Å². The summed E-state index contributed by atoms with van der Waals surface area (Å²) < 4.78 is 0. The van der Waals surface area contributed by atoms with Crippen LogP contribution in [0.1, 0.15) is 21.7 Å². The first-order valence-electron chi connectivity index (χ1n) is 6.05. The fraction of sp³-hybridized carbons (Fsp3) is 0.214. The molecule has 7 heteroatoms. The van der Waals surface area contributed by atoms with E-state index in [2.05, 4.69) is 29.2 Å². The number of hydrogen-bond acceptors (Lipinski definition) is 4. The molecular formula is C14H16N2O4S. The Morgan fingerprint density at radius 2 is 1.90 bits per heavy atom. The number of aliphatic carboxylic acids is 2. The zero-order chi connectivity index (χ0) is 15.8. The molecule has 0 amide bonds. The molecule has 2 aromatic rings. The van der Waals surface area contributed by atoms with Crippen molar-refractivity contribution in [3.63, 3.8) is 0 Å². The summed E-state index contributed by atoms with van der Waals surface area (Å²) in [5.74, 6) is -2.51. The van der Waals surface area contributed by atoms with Crippen LogP contribution in [0.4, 0.5) is 0 Å². The molecule has 0 fully saturated rings. The molecule has 2 aromatic heterocycles. The molecule has 2 rings (SSSR count). The van der Waals surface area contributed by atoms with Crippen molar-refractivity contribution >= 4 is 23.3 Å². The number of aromatic amines is 1. The average Bonchev–Trinajstić information content (AvgIpc) is 3.03. The molecule has 0 radical (unpaired) electrons. The molecule has 0 saturated heterocycles. The molecule has 6 nitrogen and oxygen atoms in total. The average molecular weight is 308 g/mol. The highest BCUT2D eigenvalue weighted by atomic mass is 32.1. The Kier molecular flexibility index (Phi) is 6.35. The lowest BCUT2D eigenvalue weighted by Gasteiger charge is -1.98. The monoisotopic (exact) mass is 308 g/mol. The van der Waals surface area contributed by atoms with Gasteiger partial charge in [-0.15, -0.1) is 11.3 Å². The third kappa shape index (κ3) is 6.05. The molecule has 0 spiro atoms. The van der Waals surface area contributed by atoms with E-state index in [-0.39, 0.29) is 0 Å². The maximum atomic E-state index is 9.55. The van der Waals surface area contributed by atoms with E-state index in [9.17, 15) is 9.59 Å². The molecule has 2 heterocycles. The van der Waals surface area contributed by atoms with Crippen molar-refractivity contribution in [2.75, 3.05) is 0 Å². The standard InChI is InChI=1S/C10H12N2S.C4H4O4/c1-7-5-13-8(2)10(7)3-9-4-11-6-12-9;5-3(6)1-2-4(7)8/h4-6H,3H2,1-2H3,(H,11,12);1-2H,(H,5,6)(H,7,8)/b;2-1+. The van der Waals surface area contributed by atoms with Gasteiger partial charge in [0.15, 0.2) is 0 Å². The number of carboxylic acid groups (broad SMARTS) is 2. The number of aromatic nitrogens is 2. The Morgan fingerprint density at radius 3 is 2.29 bits per heavy atom. The van der Waals surface area contributed by atoms with Gasteiger partial charge >= 0.3 is 11.9 Å². The lowest BCUT2D eigenvalue weighted by molar-refractivity contribution is -0.134. The summed E-state index contributed by atoms with van der Waals surface area (Å²) in [5.41, 5.74) is 3.92. The predicted octanol–water partition coefficient (Wildman–Crippen LogP) is 2.39. The van der Waals surface area contributed by atoms with Crippen molar-refractivity contribution in [1.29, 1.82) is 0 Å². The van der Waals surface area contributed by atoms with E-state index in [0.29, 0.717) is 12.2 Å². The van der Waals surface area contributed by atoms with Crippen LogP contribution in [0.15, 0.2) is 30.1 Å². The van der Waals surface area contributed by atoms with Gasteiger partial charge in [-0.05, 0) is 30.4 Å². The number of thiophene rings is 1. The van der Waals surface area contributed by atoms with Gasteiger partial charge in [-0.2, -0.15) is 0 Å². The summed E-state index contributed by atoms with van der Waals surface area (Å²) >= 11 is 1.81. The van der Waals surface area contributed by atoms with Crippen molar-refractivity contribution in [2.24, 2.45) is 0 Å². The normalized spacial score (nSPS) is 10.2. The lowest BCUT2D eigenvalue weighted by Crippen LogP contribution is -1.91. The fourth-order valence-electron chi connectivity index (χ4n) is 1.57. The molecule has 0 saturated carbocycles. The van der Waals surface area contributed by atoms with Gasteiger partial charge in [0.05, 0.1) is 12.0 Å². The highest BCUT2D eigenvalue weighted by Crippen LogP contribution is 2.22. The maximum absolute atomic E-state index is 9.55. The van der Waals surface area contributed by atoms with Crippen LogP contribution in [0.5, 0.6) is 0 Å². The first-order chi connectivity index (χ1) is 9.90. The summed E-state index contributed by atoms with van der Waals surface area (Å²) in [6.07, 6.45) is 5.75. The molecule has 112 valence electrons. The van der Waals surface area contributed by atoms with Crippen molar-refractivity contribution in [2.45, 2.75) is 20.3 Å². The SMILES string of the molecule is Cc1csc(C)c1Cc1c[nH]cn1.O=C(O)/C=C/C(=O)O. The highest BCUT2D eigenvalue weighted by molar-refractivity contribution is 7.10. The van der Waals surface area contributed by atoms with Gasteiger partial charge in [0.2, 0.25) is 0 Å². The molecule has 0 bridgehead atoms. The summed E-state index contributed by atoms with van der Waals surface area (Å²) in [7, 11) is 0. The number of H-pyrrole nitrogens is 1. The van der Waals surface area contributed by atoms with Crippen LogP contribution in [-0.4, -0.2) is 32.1 Å². The second kappa shape index (κ2) is 8.01.